The lowest BCUT2D eigenvalue weighted by molar-refractivity contribution is -0.0514. The Morgan fingerprint density at radius 3 is 2.33 bits per heavy atom. The molecular weight excluding hydrogens is 242 g/mol. The Hall–Kier alpha value is -0.380. The molecule has 1 saturated carbocycles. The van der Waals surface area contributed by atoms with Gasteiger partial charge in [0, 0.05) is 16.9 Å². The minimum absolute atomic E-state index is 0.0114. The third-order valence-electron chi connectivity index (χ3n) is 4.22. The van der Waals surface area contributed by atoms with Crippen molar-refractivity contribution in [2.75, 3.05) is 14.2 Å². The summed E-state index contributed by atoms with van der Waals surface area (Å²) in [6.07, 6.45) is 7.63. The minimum Gasteiger partial charge on any atom is -0.376 e. The lowest BCUT2D eigenvalue weighted by atomic mass is 9.85. The van der Waals surface area contributed by atoms with Gasteiger partial charge in [-0.25, -0.2) is 0 Å². The van der Waals surface area contributed by atoms with Gasteiger partial charge in [-0.15, -0.1) is 11.3 Å². The Bertz CT molecular complexity index is 366. The van der Waals surface area contributed by atoms with Gasteiger partial charge in [-0.1, -0.05) is 25.7 Å². The first-order valence-corrected chi connectivity index (χ1v) is 7.82. The van der Waals surface area contributed by atoms with E-state index in [4.69, 9.17) is 4.74 Å². The highest BCUT2D eigenvalue weighted by Gasteiger charge is 2.39. The maximum Gasteiger partial charge on any atom is 0.0880 e. The van der Waals surface area contributed by atoms with E-state index in [9.17, 15) is 0 Å². The molecule has 1 heterocycles. The van der Waals surface area contributed by atoms with Gasteiger partial charge in [-0.2, -0.15) is 0 Å². The molecule has 0 aromatic carbocycles. The molecule has 2 nitrogen and oxygen atoms in total. The van der Waals surface area contributed by atoms with Crippen LogP contribution in [0.25, 0.3) is 0 Å². The quantitative estimate of drug-likeness (QED) is 0.831. The summed E-state index contributed by atoms with van der Waals surface area (Å²) in [5.41, 5.74) is -0.0114. The number of thiophene rings is 1. The SMILES string of the molecule is CNC(c1ccc(C)s1)C1(OC)CCCCCC1. The van der Waals surface area contributed by atoms with Crippen LogP contribution in [0.3, 0.4) is 0 Å². The Kier molecular flexibility index (Phi) is 4.82. The number of rotatable bonds is 4. The van der Waals surface area contributed by atoms with Gasteiger partial charge < -0.3 is 10.1 Å². The highest BCUT2D eigenvalue weighted by molar-refractivity contribution is 7.12. The van der Waals surface area contributed by atoms with E-state index in [0.717, 1.165) is 0 Å². The Balaban J connectivity index is 2.27. The van der Waals surface area contributed by atoms with E-state index >= 15 is 0 Å². The fraction of sp³-hybridized carbons (Fsp3) is 0.733. The van der Waals surface area contributed by atoms with Gasteiger partial charge in [-0.3, -0.25) is 0 Å². The van der Waals surface area contributed by atoms with Crippen LogP contribution in [0.2, 0.25) is 0 Å². The molecule has 0 amide bonds. The van der Waals surface area contributed by atoms with Crippen LogP contribution in [0.15, 0.2) is 12.1 Å². The largest absolute Gasteiger partial charge is 0.376 e. The average molecular weight is 267 g/mol. The highest BCUT2D eigenvalue weighted by Crippen LogP contribution is 2.41. The van der Waals surface area contributed by atoms with Gasteiger partial charge in [0.1, 0.15) is 0 Å². The summed E-state index contributed by atoms with van der Waals surface area (Å²) in [5.74, 6) is 0. The molecule has 1 aromatic rings. The first-order valence-electron chi connectivity index (χ1n) is 7.00. The van der Waals surface area contributed by atoms with E-state index in [-0.39, 0.29) is 5.60 Å². The molecule has 1 fully saturated rings. The second-order valence-corrected chi connectivity index (χ2v) is 6.67. The van der Waals surface area contributed by atoms with E-state index in [1.54, 1.807) is 0 Å². The normalized spacial score (nSPS) is 21.5. The van der Waals surface area contributed by atoms with Crippen molar-refractivity contribution in [3.8, 4) is 0 Å². The first-order chi connectivity index (χ1) is 8.72. The molecule has 18 heavy (non-hydrogen) atoms. The lowest BCUT2D eigenvalue weighted by Gasteiger charge is -2.38. The van der Waals surface area contributed by atoms with E-state index in [1.807, 2.05) is 18.4 Å². The zero-order valence-corrected chi connectivity index (χ0v) is 12.6. The van der Waals surface area contributed by atoms with Crippen LogP contribution >= 0.6 is 11.3 Å². The van der Waals surface area contributed by atoms with Crippen molar-refractivity contribution in [2.45, 2.75) is 57.1 Å². The number of methoxy groups -OCH3 is 1. The average Bonchev–Trinajstić information content (AvgIpc) is 2.66. The van der Waals surface area contributed by atoms with Crippen molar-refractivity contribution in [1.29, 1.82) is 0 Å². The minimum atomic E-state index is -0.0114. The maximum absolute atomic E-state index is 6.02. The molecule has 1 N–H and O–H groups in total. The van der Waals surface area contributed by atoms with Crippen LogP contribution < -0.4 is 5.32 Å². The van der Waals surface area contributed by atoms with Gasteiger partial charge in [0.25, 0.3) is 0 Å². The number of hydrogen-bond acceptors (Lipinski definition) is 3. The Morgan fingerprint density at radius 2 is 1.89 bits per heavy atom. The standard InChI is InChI=1S/C15H25NOS/c1-12-8-9-13(18-12)14(16-2)15(17-3)10-6-4-5-7-11-15/h8-9,14,16H,4-7,10-11H2,1-3H3. The fourth-order valence-corrected chi connectivity index (χ4v) is 4.31. The van der Waals surface area contributed by atoms with E-state index < -0.39 is 0 Å². The topological polar surface area (TPSA) is 21.3 Å². The van der Waals surface area contributed by atoms with Crippen molar-refractivity contribution >= 4 is 11.3 Å². The molecule has 0 radical (unpaired) electrons. The molecule has 0 saturated heterocycles. The van der Waals surface area contributed by atoms with Gasteiger partial charge >= 0.3 is 0 Å². The third kappa shape index (κ3) is 2.79. The van der Waals surface area contributed by atoms with Crippen molar-refractivity contribution in [3.63, 3.8) is 0 Å². The second kappa shape index (κ2) is 6.18. The molecule has 0 spiro atoms. The smallest absolute Gasteiger partial charge is 0.0880 e. The molecule has 1 unspecified atom stereocenters. The second-order valence-electron chi connectivity index (χ2n) is 5.35. The summed E-state index contributed by atoms with van der Waals surface area (Å²) in [7, 11) is 3.95. The maximum atomic E-state index is 6.02. The number of ether oxygens (including phenoxy) is 1. The summed E-state index contributed by atoms with van der Waals surface area (Å²) in [6, 6.07) is 4.80. The van der Waals surface area contributed by atoms with Crippen LogP contribution in [0.5, 0.6) is 0 Å². The van der Waals surface area contributed by atoms with Crippen LogP contribution in [-0.4, -0.2) is 19.8 Å². The first kappa shape index (κ1) is 14.0. The van der Waals surface area contributed by atoms with Gasteiger partial charge in [0.15, 0.2) is 0 Å². The van der Waals surface area contributed by atoms with Crippen LogP contribution in [-0.2, 0) is 4.74 Å². The Morgan fingerprint density at radius 1 is 1.22 bits per heavy atom. The van der Waals surface area contributed by atoms with E-state index in [0.29, 0.717) is 6.04 Å². The van der Waals surface area contributed by atoms with E-state index in [1.165, 1.54) is 48.3 Å². The predicted octanol–water partition coefficient (Wildman–Crippen LogP) is 4.06. The van der Waals surface area contributed by atoms with E-state index in [2.05, 4.69) is 31.4 Å². The number of aryl methyl sites for hydroxylation is 1. The summed E-state index contributed by atoms with van der Waals surface area (Å²) in [6.45, 7) is 2.17. The zero-order valence-electron chi connectivity index (χ0n) is 11.8. The highest BCUT2D eigenvalue weighted by atomic mass is 32.1. The zero-order chi connectivity index (χ0) is 13.0. The molecule has 1 atom stereocenters. The fourth-order valence-electron chi connectivity index (χ4n) is 3.21. The van der Waals surface area contributed by atoms with Crippen LogP contribution in [0, 0.1) is 6.92 Å². The van der Waals surface area contributed by atoms with Crippen molar-refractivity contribution in [3.05, 3.63) is 21.9 Å². The van der Waals surface area contributed by atoms with Crippen molar-refractivity contribution in [2.24, 2.45) is 0 Å². The Labute approximate surface area is 115 Å². The van der Waals surface area contributed by atoms with Gasteiger partial charge in [0.2, 0.25) is 0 Å². The number of likely N-dealkylation sites (N-methyl/N-ethyl adjacent to an activating group) is 1. The molecule has 2 rings (SSSR count). The summed E-state index contributed by atoms with van der Waals surface area (Å²) in [4.78, 5) is 2.80. The molecule has 102 valence electrons. The molecule has 1 aliphatic rings. The monoisotopic (exact) mass is 267 g/mol. The third-order valence-corrected chi connectivity index (χ3v) is 5.28. The summed E-state index contributed by atoms with van der Waals surface area (Å²) < 4.78 is 6.02. The van der Waals surface area contributed by atoms with Crippen LogP contribution in [0.4, 0.5) is 0 Å². The van der Waals surface area contributed by atoms with Crippen molar-refractivity contribution < 1.29 is 4.74 Å². The molecule has 1 aliphatic carbocycles. The predicted molar refractivity (Wildman–Crippen MR) is 78.3 cm³/mol. The van der Waals surface area contributed by atoms with Crippen molar-refractivity contribution in [1.82, 2.24) is 5.32 Å². The molecule has 1 aromatic heterocycles. The van der Waals surface area contributed by atoms with Crippen LogP contribution in [0.1, 0.15) is 54.3 Å². The summed E-state index contributed by atoms with van der Waals surface area (Å²) >= 11 is 1.89. The van der Waals surface area contributed by atoms with Gasteiger partial charge in [-0.05, 0) is 38.9 Å². The number of nitrogens with one attached hydrogen (secondary N) is 1. The molecule has 0 bridgehead atoms. The number of hydrogen-bond donors (Lipinski definition) is 1. The molecular formula is C15H25NOS. The molecule has 3 heteroatoms. The lowest BCUT2D eigenvalue weighted by Crippen LogP contribution is -2.43. The molecule has 0 aliphatic heterocycles. The summed E-state index contributed by atoms with van der Waals surface area (Å²) in [5, 5.41) is 3.51. The van der Waals surface area contributed by atoms with Gasteiger partial charge in [0.05, 0.1) is 11.6 Å².